The molecule has 0 bridgehead atoms. The Hall–Kier alpha value is -1.99. The molecule has 1 unspecified atom stereocenters. The maximum absolute atomic E-state index is 12.4. The van der Waals surface area contributed by atoms with Crippen LogP contribution < -0.4 is 5.73 Å². The molecule has 1 amide bonds. The first-order chi connectivity index (χ1) is 12.5. The van der Waals surface area contributed by atoms with Gasteiger partial charge in [-0.3, -0.25) is 9.69 Å². The van der Waals surface area contributed by atoms with Crippen LogP contribution in [-0.2, 0) is 4.79 Å². The number of aromatic nitrogens is 2. The number of hydrogen-bond acceptors (Lipinski definition) is 6. The largest absolute Gasteiger partial charge is 0.368 e. The van der Waals surface area contributed by atoms with Gasteiger partial charge in [-0.15, -0.1) is 0 Å². The highest BCUT2D eigenvalue weighted by atomic mass is 16.2. The van der Waals surface area contributed by atoms with Crippen molar-refractivity contribution in [1.82, 2.24) is 24.7 Å². The van der Waals surface area contributed by atoms with Gasteiger partial charge in [0.15, 0.2) is 0 Å². The molecular weight excluding hydrogens is 328 g/mol. The second kappa shape index (κ2) is 8.60. The zero-order valence-electron chi connectivity index (χ0n) is 15.8. The third-order valence-electron chi connectivity index (χ3n) is 5.76. The number of nitrogen functional groups attached to an aromatic ring is 1. The number of anilines is 1. The molecule has 2 fully saturated rings. The van der Waals surface area contributed by atoms with Gasteiger partial charge in [-0.25, -0.2) is 9.97 Å². The Morgan fingerprint density at radius 2 is 1.77 bits per heavy atom. The average molecular weight is 358 g/mol. The van der Waals surface area contributed by atoms with Gasteiger partial charge >= 0.3 is 0 Å². The molecule has 1 aromatic rings. The number of hydrogen-bond donors (Lipinski definition) is 1. The molecule has 0 aromatic carbocycles. The van der Waals surface area contributed by atoms with Gasteiger partial charge in [-0.05, 0) is 38.8 Å². The quantitative estimate of drug-likeness (QED) is 0.808. The van der Waals surface area contributed by atoms with E-state index in [0.717, 1.165) is 57.7 Å². The molecule has 1 aromatic heterocycles. The lowest BCUT2D eigenvalue weighted by Gasteiger charge is -2.42. The standard InChI is InChI=1S/C19H30N6O/c1-15(24-11-9-23(2)10-12-24)17-5-7-25(8-6-17)18(26)4-3-16-13-21-19(20)22-14-16/h3-4,13-15,17H,5-12H2,1-2H3,(H2,20,21,22)/b4-3+. The van der Waals surface area contributed by atoms with Gasteiger partial charge in [0.1, 0.15) is 0 Å². The summed E-state index contributed by atoms with van der Waals surface area (Å²) in [5.74, 6) is 0.981. The minimum absolute atomic E-state index is 0.0625. The SMILES string of the molecule is CC(C1CCN(C(=O)/C=C/c2cnc(N)nc2)CC1)N1CCN(C)CC1. The molecule has 2 aliphatic rings. The van der Waals surface area contributed by atoms with E-state index in [0.29, 0.717) is 12.0 Å². The molecule has 3 rings (SSSR count). The summed E-state index contributed by atoms with van der Waals surface area (Å²) in [6.07, 6.45) is 8.77. The summed E-state index contributed by atoms with van der Waals surface area (Å²) < 4.78 is 0. The zero-order valence-corrected chi connectivity index (χ0v) is 15.8. The van der Waals surface area contributed by atoms with Crippen LogP contribution in [0, 0.1) is 5.92 Å². The van der Waals surface area contributed by atoms with Gasteiger partial charge in [0.25, 0.3) is 0 Å². The van der Waals surface area contributed by atoms with Crippen molar-refractivity contribution < 1.29 is 4.79 Å². The van der Waals surface area contributed by atoms with E-state index in [9.17, 15) is 4.79 Å². The second-order valence-electron chi connectivity index (χ2n) is 7.45. The number of carbonyl (C=O) groups is 1. The van der Waals surface area contributed by atoms with Gasteiger partial charge < -0.3 is 15.5 Å². The van der Waals surface area contributed by atoms with E-state index in [2.05, 4.69) is 33.7 Å². The molecule has 7 nitrogen and oxygen atoms in total. The Bertz CT molecular complexity index is 615. The molecule has 0 radical (unpaired) electrons. The number of piperidine rings is 1. The van der Waals surface area contributed by atoms with E-state index in [1.54, 1.807) is 24.5 Å². The molecule has 2 N–H and O–H groups in total. The van der Waals surface area contributed by atoms with Crippen LogP contribution in [0.4, 0.5) is 5.95 Å². The van der Waals surface area contributed by atoms with E-state index in [-0.39, 0.29) is 11.9 Å². The third-order valence-corrected chi connectivity index (χ3v) is 5.76. The maximum Gasteiger partial charge on any atom is 0.246 e. The van der Waals surface area contributed by atoms with Crippen LogP contribution >= 0.6 is 0 Å². The number of nitrogens with zero attached hydrogens (tertiary/aromatic N) is 5. The van der Waals surface area contributed by atoms with E-state index in [1.165, 1.54) is 0 Å². The topological polar surface area (TPSA) is 78.6 Å². The van der Waals surface area contributed by atoms with E-state index in [4.69, 9.17) is 5.73 Å². The predicted octanol–water partition coefficient (Wildman–Crippen LogP) is 0.947. The summed E-state index contributed by atoms with van der Waals surface area (Å²) in [7, 11) is 2.19. The Morgan fingerprint density at radius 1 is 1.15 bits per heavy atom. The van der Waals surface area contributed by atoms with Gasteiger partial charge in [-0.1, -0.05) is 0 Å². The third kappa shape index (κ3) is 4.80. The van der Waals surface area contributed by atoms with Crippen LogP contribution in [0.1, 0.15) is 25.3 Å². The summed E-state index contributed by atoms with van der Waals surface area (Å²) >= 11 is 0. The Morgan fingerprint density at radius 3 is 2.38 bits per heavy atom. The summed E-state index contributed by atoms with van der Waals surface area (Å²) in [6.45, 7) is 8.65. The fourth-order valence-corrected chi connectivity index (χ4v) is 3.84. The molecule has 26 heavy (non-hydrogen) atoms. The molecule has 2 aliphatic heterocycles. The maximum atomic E-state index is 12.4. The van der Waals surface area contributed by atoms with Gasteiger partial charge in [0.05, 0.1) is 0 Å². The second-order valence-corrected chi connectivity index (χ2v) is 7.45. The molecule has 1 atom stereocenters. The number of likely N-dealkylation sites (N-methyl/N-ethyl adjacent to an activating group) is 1. The van der Waals surface area contributed by atoms with Crippen molar-refractivity contribution in [3.05, 3.63) is 24.0 Å². The van der Waals surface area contributed by atoms with E-state index in [1.807, 2.05) is 4.90 Å². The van der Waals surface area contributed by atoms with E-state index >= 15 is 0 Å². The van der Waals surface area contributed by atoms with Gasteiger partial charge in [0.2, 0.25) is 11.9 Å². The van der Waals surface area contributed by atoms with Gasteiger partial charge in [-0.2, -0.15) is 0 Å². The normalized spacial score (nSPS) is 22.0. The molecule has 142 valence electrons. The summed E-state index contributed by atoms with van der Waals surface area (Å²) in [4.78, 5) is 27.2. The number of nitrogens with two attached hydrogens (primary N) is 1. The minimum Gasteiger partial charge on any atom is -0.368 e. The van der Waals surface area contributed by atoms with Crippen LogP contribution in [0.25, 0.3) is 6.08 Å². The van der Waals surface area contributed by atoms with E-state index < -0.39 is 0 Å². The van der Waals surface area contributed by atoms with Crippen molar-refractivity contribution in [1.29, 1.82) is 0 Å². The zero-order chi connectivity index (χ0) is 18.5. The number of carbonyl (C=O) groups excluding carboxylic acids is 1. The van der Waals surface area contributed by atoms with Crippen LogP contribution in [-0.4, -0.2) is 82.9 Å². The smallest absolute Gasteiger partial charge is 0.246 e. The monoisotopic (exact) mass is 358 g/mol. The molecule has 3 heterocycles. The first kappa shape index (κ1) is 18.8. The highest BCUT2D eigenvalue weighted by Gasteiger charge is 2.29. The number of rotatable bonds is 4. The molecule has 0 aliphatic carbocycles. The summed E-state index contributed by atoms with van der Waals surface area (Å²) in [6, 6.07) is 0.600. The van der Waals surface area contributed by atoms with Crippen molar-refractivity contribution in [3.8, 4) is 0 Å². The van der Waals surface area contributed by atoms with Crippen LogP contribution in [0.5, 0.6) is 0 Å². The fourth-order valence-electron chi connectivity index (χ4n) is 3.84. The Balaban J connectivity index is 1.46. The lowest BCUT2D eigenvalue weighted by molar-refractivity contribution is -0.127. The summed E-state index contributed by atoms with van der Waals surface area (Å²) in [5, 5.41) is 0. The highest BCUT2D eigenvalue weighted by molar-refractivity contribution is 5.91. The van der Waals surface area contributed by atoms with Crippen LogP contribution in [0.3, 0.4) is 0 Å². The molecular formula is C19H30N6O. The lowest BCUT2D eigenvalue weighted by atomic mass is 9.89. The minimum atomic E-state index is 0.0625. The van der Waals surface area contributed by atoms with Crippen molar-refractivity contribution in [2.75, 3.05) is 52.0 Å². The van der Waals surface area contributed by atoms with Crippen molar-refractivity contribution >= 4 is 17.9 Å². The number of piperazine rings is 1. The molecule has 0 saturated carbocycles. The van der Waals surface area contributed by atoms with Crippen LogP contribution in [0.15, 0.2) is 18.5 Å². The highest BCUT2D eigenvalue weighted by Crippen LogP contribution is 2.25. The number of likely N-dealkylation sites (tertiary alicyclic amines) is 1. The van der Waals surface area contributed by atoms with Gasteiger partial charge in [0, 0.05) is 69.3 Å². The lowest BCUT2D eigenvalue weighted by Crippen LogP contribution is -2.52. The van der Waals surface area contributed by atoms with Crippen LogP contribution in [0.2, 0.25) is 0 Å². The first-order valence-electron chi connectivity index (χ1n) is 9.50. The average Bonchev–Trinajstić information content (AvgIpc) is 2.67. The Kier molecular flexibility index (Phi) is 6.21. The van der Waals surface area contributed by atoms with Crippen molar-refractivity contribution in [2.45, 2.75) is 25.8 Å². The molecule has 7 heteroatoms. The first-order valence-corrected chi connectivity index (χ1v) is 9.50. The fraction of sp³-hybridized carbons (Fsp3) is 0.632. The predicted molar refractivity (Wildman–Crippen MR) is 103 cm³/mol. The Labute approximate surface area is 155 Å². The molecule has 0 spiro atoms. The summed E-state index contributed by atoms with van der Waals surface area (Å²) in [5.41, 5.74) is 6.25. The van der Waals surface area contributed by atoms with Crippen molar-refractivity contribution in [2.24, 2.45) is 5.92 Å². The number of amides is 1. The van der Waals surface area contributed by atoms with Crippen molar-refractivity contribution in [3.63, 3.8) is 0 Å². The molecule has 2 saturated heterocycles.